The molecule has 0 atom stereocenters. The molecule has 24 heavy (non-hydrogen) atoms. The highest BCUT2D eigenvalue weighted by molar-refractivity contribution is 7.10. The summed E-state index contributed by atoms with van der Waals surface area (Å²) in [6, 6.07) is 6.24. The summed E-state index contributed by atoms with van der Waals surface area (Å²) < 4.78 is 5.16. The van der Waals surface area contributed by atoms with Crippen molar-refractivity contribution in [3.8, 4) is 11.5 Å². The molecule has 0 radical (unpaired) electrons. The Labute approximate surface area is 141 Å². The molecule has 2 aromatic rings. The third kappa shape index (κ3) is 4.53. The number of carbonyl (C=O) groups excluding carboxylic acids is 1. The average Bonchev–Trinajstić information content (AvgIpc) is 3.03. The number of phenols is 1. The van der Waals surface area contributed by atoms with Crippen LogP contribution in [0.15, 0.2) is 34.7 Å². The van der Waals surface area contributed by atoms with Crippen LogP contribution in [-0.2, 0) is 11.2 Å². The molecular formula is C15H15N3O5S. The summed E-state index contributed by atoms with van der Waals surface area (Å²) in [5.41, 5.74) is 2.17. The Hall–Kier alpha value is -2.94. The Morgan fingerprint density at radius 1 is 1.54 bits per heavy atom. The average molecular weight is 349 g/mol. The number of nitro groups is 1. The fraction of sp³-hybridized carbons (Fsp3) is 0.200. The lowest BCUT2D eigenvalue weighted by Gasteiger charge is -2.07. The zero-order valence-electron chi connectivity index (χ0n) is 12.8. The predicted molar refractivity (Wildman–Crippen MR) is 89.7 cm³/mol. The quantitative estimate of drug-likeness (QED) is 0.453. The van der Waals surface area contributed by atoms with Crippen molar-refractivity contribution in [2.45, 2.75) is 13.3 Å². The molecule has 2 N–H and O–H groups in total. The van der Waals surface area contributed by atoms with Gasteiger partial charge in [-0.2, -0.15) is 5.10 Å². The van der Waals surface area contributed by atoms with E-state index in [-0.39, 0.29) is 24.7 Å². The van der Waals surface area contributed by atoms with Crippen molar-refractivity contribution in [1.29, 1.82) is 0 Å². The number of nitrogens with zero attached hydrogens (tertiary/aromatic N) is 2. The minimum Gasteiger partial charge on any atom is -0.500 e. The minimum atomic E-state index is -0.718. The van der Waals surface area contributed by atoms with Crippen molar-refractivity contribution in [2.75, 3.05) is 6.61 Å². The molecule has 8 nitrogen and oxygen atoms in total. The second kappa shape index (κ2) is 8.06. The van der Waals surface area contributed by atoms with Crippen molar-refractivity contribution in [1.82, 2.24) is 5.43 Å². The van der Waals surface area contributed by atoms with Gasteiger partial charge in [0.15, 0.2) is 5.75 Å². The molecule has 0 saturated heterocycles. The Morgan fingerprint density at radius 2 is 2.33 bits per heavy atom. The van der Waals surface area contributed by atoms with Gasteiger partial charge in [0.05, 0.1) is 24.2 Å². The van der Waals surface area contributed by atoms with Gasteiger partial charge in [-0.1, -0.05) is 6.07 Å². The first kappa shape index (κ1) is 17.4. The molecular weight excluding hydrogens is 334 g/mol. The van der Waals surface area contributed by atoms with Crippen molar-refractivity contribution in [3.63, 3.8) is 0 Å². The van der Waals surface area contributed by atoms with Crippen molar-refractivity contribution < 1.29 is 19.6 Å². The van der Waals surface area contributed by atoms with E-state index in [1.807, 2.05) is 17.5 Å². The third-order valence-electron chi connectivity index (χ3n) is 2.89. The third-order valence-corrected chi connectivity index (χ3v) is 3.77. The van der Waals surface area contributed by atoms with Gasteiger partial charge >= 0.3 is 5.69 Å². The zero-order valence-corrected chi connectivity index (χ0v) is 13.6. The first-order valence-corrected chi connectivity index (χ1v) is 7.87. The number of hydrogen-bond acceptors (Lipinski definition) is 7. The van der Waals surface area contributed by atoms with E-state index in [1.54, 1.807) is 6.92 Å². The van der Waals surface area contributed by atoms with Crippen LogP contribution in [0.25, 0.3) is 0 Å². The molecule has 0 bridgehead atoms. The number of carbonyl (C=O) groups is 1. The molecule has 2 rings (SSSR count). The van der Waals surface area contributed by atoms with Crippen LogP contribution in [-0.4, -0.2) is 28.8 Å². The number of aromatic hydroxyl groups is 1. The first-order valence-electron chi connectivity index (χ1n) is 6.99. The number of hydrogen-bond donors (Lipinski definition) is 2. The smallest absolute Gasteiger partial charge is 0.315 e. The van der Waals surface area contributed by atoms with Crippen LogP contribution in [0.1, 0.15) is 17.4 Å². The number of nitrogens with one attached hydrogen (secondary N) is 1. The molecule has 0 fully saturated rings. The molecule has 0 saturated carbocycles. The van der Waals surface area contributed by atoms with Crippen LogP contribution in [0.3, 0.4) is 0 Å². The predicted octanol–water partition coefficient (Wildman–Crippen LogP) is 2.45. The summed E-state index contributed by atoms with van der Waals surface area (Å²) in [7, 11) is 0. The van der Waals surface area contributed by atoms with Crippen LogP contribution in [0.2, 0.25) is 0 Å². The summed E-state index contributed by atoms with van der Waals surface area (Å²) >= 11 is 1.46. The summed E-state index contributed by atoms with van der Waals surface area (Å²) in [6.45, 7) is 1.93. The Morgan fingerprint density at radius 3 is 2.96 bits per heavy atom. The van der Waals surface area contributed by atoms with Crippen LogP contribution in [0.5, 0.6) is 11.5 Å². The zero-order chi connectivity index (χ0) is 17.5. The Kier molecular flexibility index (Phi) is 5.85. The molecule has 1 amide bonds. The summed E-state index contributed by atoms with van der Waals surface area (Å²) in [6.07, 6.45) is 1.45. The van der Waals surface area contributed by atoms with E-state index in [1.165, 1.54) is 23.6 Å². The van der Waals surface area contributed by atoms with E-state index in [0.717, 1.165) is 10.9 Å². The summed E-state index contributed by atoms with van der Waals surface area (Å²) in [4.78, 5) is 22.9. The SMILES string of the molecule is CCOc1cc(C=NNC(=O)Cc2cccs2)cc([N+](=O)[O-])c1O. The van der Waals surface area contributed by atoms with Gasteiger partial charge in [-0.3, -0.25) is 14.9 Å². The number of phenolic OH excluding ortho intramolecular Hbond substituents is 1. The number of amides is 1. The molecule has 0 aliphatic rings. The maximum Gasteiger partial charge on any atom is 0.315 e. The lowest BCUT2D eigenvalue weighted by atomic mass is 10.2. The van der Waals surface area contributed by atoms with E-state index in [9.17, 15) is 20.0 Å². The molecule has 0 unspecified atom stereocenters. The van der Waals surface area contributed by atoms with Crippen LogP contribution in [0, 0.1) is 10.1 Å². The second-order valence-corrected chi connectivity index (χ2v) is 5.66. The number of thiophene rings is 1. The van der Waals surface area contributed by atoms with Crippen LogP contribution < -0.4 is 10.2 Å². The number of nitro benzene ring substituents is 1. The van der Waals surface area contributed by atoms with Gasteiger partial charge in [-0.25, -0.2) is 5.43 Å². The summed E-state index contributed by atoms with van der Waals surface area (Å²) in [5.74, 6) is -0.856. The maximum absolute atomic E-state index is 11.7. The van der Waals surface area contributed by atoms with Gasteiger partial charge in [-0.15, -0.1) is 11.3 Å². The highest BCUT2D eigenvalue weighted by Crippen LogP contribution is 2.36. The Bertz CT molecular complexity index is 759. The molecule has 0 aliphatic heterocycles. The largest absolute Gasteiger partial charge is 0.500 e. The maximum atomic E-state index is 11.7. The van der Waals surface area contributed by atoms with E-state index in [2.05, 4.69) is 10.5 Å². The van der Waals surface area contributed by atoms with Gasteiger partial charge in [-0.05, 0) is 24.4 Å². The number of ether oxygens (including phenoxy) is 1. The molecule has 9 heteroatoms. The monoisotopic (exact) mass is 349 g/mol. The van der Waals surface area contributed by atoms with Gasteiger partial charge in [0.1, 0.15) is 0 Å². The number of rotatable bonds is 7. The van der Waals surface area contributed by atoms with Crippen molar-refractivity contribution in [3.05, 3.63) is 50.2 Å². The first-order chi connectivity index (χ1) is 11.5. The van der Waals surface area contributed by atoms with Crippen LogP contribution in [0.4, 0.5) is 5.69 Å². The van der Waals surface area contributed by atoms with Crippen molar-refractivity contribution >= 4 is 29.1 Å². The summed E-state index contributed by atoms with van der Waals surface area (Å²) in [5, 5.41) is 26.4. The standard InChI is InChI=1S/C15H15N3O5S/c1-2-23-13-7-10(6-12(15(13)20)18(21)22)9-16-17-14(19)8-11-4-3-5-24-11/h3-7,9,20H,2,8H2,1H3,(H,17,19). The highest BCUT2D eigenvalue weighted by atomic mass is 32.1. The fourth-order valence-corrected chi connectivity index (χ4v) is 2.59. The fourth-order valence-electron chi connectivity index (χ4n) is 1.88. The molecule has 1 heterocycles. The van der Waals surface area contributed by atoms with Crippen molar-refractivity contribution in [2.24, 2.45) is 5.10 Å². The van der Waals surface area contributed by atoms with E-state index < -0.39 is 16.4 Å². The van der Waals surface area contributed by atoms with Gasteiger partial charge in [0.25, 0.3) is 0 Å². The van der Waals surface area contributed by atoms with Crippen LogP contribution >= 0.6 is 11.3 Å². The van der Waals surface area contributed by atoms with Gasteiger partial charge in [0, 0.05) is 16.5 Å². The topological polar surface area (TPSA) is 114 Å². The Balaban J connectivity index is 2.10. The second-order valence-electron chi connectivity index (χ2n) is 4.63. The molecule has 126 valence electrons. The minimum absolute atomic E-state index is 0.0157. The molecule has 1 aromatic carbocycles. The lowest BCUT2D eigenvalue weighted by molar-refractivity contribution is -0.386. The molecule has 0 spiro atoms. The highest BCUT2D eigenvalue weighted by Gasteiger charge is 2.19. The lowest BCUT2D eigenvalue weighted by Crippen LogP contribution is -2.19. The molecule has 1 aromatic heterocycles. The normalized spacial score (nSPS) is 10.7. The van der Waals surface area contributed by atoms with E-state index in [0.29, 0.717) is 5.56 Å². The molecule has 0 aliphatic carbocycles. The number of benzene rings is 1. The van der Waals surface area contributed by atoms with Gasteiger partial charge < -0.3 is 9.84 Å². The van der Waals surface area contributed by atoms with E-state index in [4.69, 9.17) is 4.74 Å². The number of hydrazone groups is 1. The van der Waals surface area contributed by atoms with Gasteiger partial charge in [0.2, 0.25) is 11.7 Å². The van der Waals surface area contributed by atoms with E-state index >= 15 is 0 Å².